The van der Waals surface area contributed by atoms with Crippen LogP contribution >= 0.6 is 0 Å². The standard InChI is InChI=1S/2C22H12/c2*1-2-7-17-16(6-1)18-11-10-14-9-8-13-4-3-5-15-12-19(17)22(18)21(14)20(13)15/h2*1-12H. The fourth-order valence-electron chi connectivity index (χ4n) is 8.48. The van der Waals surface area contributed by atoms with Gasteiger partial charge in [0.15, 0.2) is 0 Å². The van der Waals surface area contributed by atoms with Gasteiger partial charge in [0.1, 0.15) is 0 Å². The first-order valence-corrected chi connectivity index (χ1v) is 15.4. The first-order valence-electron chi connectivity index (χ1n) is 15.4. The van der Waals surface area contributed by atoms with Crippen molar-refractivity contribution >= 4 is 64.6 Å². The summed E-state index contributed by atoms with van der Waals surface area (Å²) in [6, 6.07) is 53.7. The molecule has 0 heterocycles. The lowest BCUT2D eigenvalue weighted by molar-refractivity contribution is 1.70. The maximum absolute atomic E-state index is 2.37. The van der Waals surface area contributed by atoms with E-state index in [1.54, 1.807) is 0 Å². The minimum atomic E-state index is 1.34. The molecule has 0 saturated heterocycles. The van der Waals surface area contributed by atoms with Crippen LogP contribution in [0.4, 0.5) is 0 Å². The Morgan fingerprint density at radius 1 is 0.182 bits per heavy atom. The normalized spacial score (nSPS) is 12.5. The lowest BCUT2D eigenvalue weighted by Crippen LogP contribution is -1.85. The quantitative estimate of drug-likeness (QED) is 0.164. The lowest BCUT2D eigenvalue weighted by Gasteiger charge is -2.12. The Kier molecular flexibility index (Phi) is 4.15. The van der Waals surface area contributed by atoms with E-state index in [2.05, 4.69) is 146 Å². The summed E-state index contributed by atoms with van der Waals surface area (Å²) in [5, 5.41) is 16.6. The topological polar surface area (TPSA) is 0 Å². The molecule has 0 N–H and O–H groups in total. The van der Waals surface area contributed by atoms with Gasteiger partial charge in [0.2, 0.25) is 0 Å². The van der Waals surface area contributed by atoms with Crippen molar-refractivity contribution in [1.82, 2.24) is 0 Å². The number of hydrogen-bond acceptors (Lipinski definition) is 0. The summed E-state index contributed by atoms with van der Waals surface area (Å²) >= 11 is 0. The molecule has 0 spiro atoms. The van der Waals surface area contributed by atoms with Gasteiger partial charge in [-0.3, -0.25) is 0 Å². The van der Waals surface area contributed by atoms with E-state index in [1.165, 1.54) is 109 Å². The van der Waals surface area contributed by atoms with Crippen LogP contribution in [-0.2, 0) is 0 Å². The third-order valence-electron chi connectivity index (χ3n) is 10.3. The van der Waals surface area contributed by atoms with E-state index in [0.717, 1.165) is 0 Å². The molecule has 0 aromatic heterocycles. The van der Waals surface area contributed by atoms with Crippen molar-refractivity contribution in [3.05, 3.63) is 146 Å². The van der Waals surface area contributed by atoms with Crippen molar-refractivity contribution in [2.24, 2.45) is 0 Å². The zero-order valence-electron chi connectivity index (χ0n) is 23.9. The zero-order valence-corrected chi connectivity index (χ0v) is 23.9. The Hall–Kier alpha value is -5.72. The van der Waals surface area contributed by atoms with E-state index in [1.807, 2.05) is 0 Å². The Morgan fingerprint density at radius 2 is 0.523 bits per heavy atom. The van der Waals surface area contributed by atoms with Gasteiger partial charge in [-0.25, -0.2) is 0 Å². The SMILES string of the molecule is c1ccc2c(c1)-c1ccc3ccc4cccc5cc-2c1c3c45.c1ccc2c(c1)-c1ccc3ccc4cccc5cc-2c1c3c45. The molecule has 0 radical (unpaired) electrons. The summed E-state index contributed by atoms with van der Waals surface area (Å²) in [4.78, 5) is 0. The van der Waals surface area contributed by atoms with Gasteiger partial charge in [0.05, 0.1) is 0 Å². The molecule has 0 aliphatic heterocycles. The van der Waals surface area contributed by atoms with Gasteiger partial charge in [0, 0.05) is 0 Å². The maximum atomic E-state index is 2.37. The largest absolute Gasteiger partial charge is 0.0616 e. The second kappa shape index (κ2) is 8.01. The molecule has 10 aromatic carbocycles. The Labute approximate surface area is 254 Å². The van der Waals surface area contributed by atoms with Crippen molar-refractivity contribution < 1.29 is 0 Å². The van der Waals surface area contributed by atoms with Crippen LogP contribution in [0.3, 0.4) is 0 Å². The summed E-state index contributed by atoms with van der Waals surface area (Å²) in [5.74, 6) is 0. The first-order chi connectivity index (χ1) is 21.8. The predicted molar refractivity (Wildman–Crippen MR) is 189 cm³/mol. The van der Waals surface area contributed by atoms with E-state index >= 15 is 0 Å². The third-order valence-corrected chi connectivity index (χ3v) is 10.3. The second-order valence-electron chi connectivity index (χ2n) is 12.4. The highest BCUT2D eigenvalue weighted by Gasteiger charge is 2.25. The van der Waals surface area contributed by atoms with Crippen LogP contribution < -0.4 is 0 Å². The van der Waals surface area contributed by atoms with Crippen LogP contribution in [0.25, 0.3) is 109 Å². The van der Waals surface area contributed by atoms with Gasteiger partial charge in [0.25, 0.3) is 0 Å². The molecule has 0 nitrogen and oxygen atoms in total. The van der Waals surface area contributed by atoms with Gasteiger partial charge in [-0.05, 0) is 121 Å². The molecule has 0 unspecified atom stereocenters. The number of rotatable bonds is 0. The highest BCUT2D eigenvalue weighted by atomic mass is 14.3. The number of fused-ring (bicyclic) bond motifs is 6. The Balaban J connectivity index is 0.000000110. The van der Waals surface area contributed by atoms with E-state index in [0.29, 0.717) is 0 Å². The smallest absolute Gasteiger partial charge is 0.00137 e. The van der Waals surface area contributed by atoms with E-state index < -0.39 is 0 Å². The van der Waals surface area contributed by atoms with Crippen molar-refractivity contribution in [2.75, 3.05) is 0 Å². The summed E-state index contributed by atoms with van der Waals surface area (Å²) in [6.07, 6.45) is 0. The van der Waals surface area contributed by atoms with E-state index in [9.17, 15) is 0 Å². The van der Waals surface area contributed by atoms with Gasteiger partial charge in [-0.15, -0.1) is 0 Å². The minimum absolute atomic E-state index is 1.34. The average molecular weight is 553 g/mol. The maximum Gasteiger partial charge on any atom is -0.00137 e. The van der Waals surface area contributed by atoms with Gasteiger partial charge in [-0.1, -0.05) is 133 Å². The molecule has 0 bridgehead atoms. The average Bonchev–Trinajstić information content (AvgIpc) is 3.59. The van der Waals surface area contributed by atoms with Gasteiger partial charge >= 0.3 is 0 Å². The van der Waals surface area contributed by atoms with Crippen LogP contribution in [0.2, 0.25) is 0 Å². The molecule has 2 aliphatic carbocycles. The number of hydrogen-bond donors (Lipinski definition) is 0. The first kappa shape index (κ1) is 22.8. The van der Waals surface area contributed by atoms with Crippen molar-refractivity contribution in [2.45, 2.75) is 0 Å². The summed E-state index contributed by atoms with van der Waals surface area (Å²) in [7, 11) is 0. The van der Waals surface area contributed by atoms with Gasteiger partial charge in [-0.2, -0.15) is 0 Å². The highest BCUT2D eigenvalue weighted by molar-refractivity contribution is 6.33. The second-order valence-corrected chi connectivity index (χ2v) is 12.4. The molecule has 0 atom stereocenters. The fraction of sp³-hybridized carbons (Fsp3) is 0. The van der Waals surface area contributed by atoms with E-state index in [4.69, 9.17) is 0 Å². The monoisotopic (exact) mass is 552 g/mol. The van der Waals surface area contributed by atoms with Gasteiger partial charge < -0.3 is 0 Å². The molecule has 0 amide bonds. The zero-order chi connectivity index (χ0) is 28.5. The minimum Gasteiger partial charge on any atom is -0.0616 e. The molecule has 2 aliphatic rings. The lowest BCUT2D eigenvalue weighted by atomic mass is 9.91. The summed E-state index contributed by atoms with van der Waals surface area (Å²) < 4.78 is 0. The fourth-order valence-corrected chi connectivity index (χ4v) is 8.48. The summed E-state index contributed by atoms with van der Waals surface area (Å²) in [5.41, 5.74) is 11.0. The van der Waals surface area contributed by atoms with Crippen LogP contribution in [0.5, 0.6) is 0 Å². The molecule has 44 heavy (non-hydrogen) atoms. The molecular formula is C44H24. The van der Waals surface area contributed by atoms with Crippen LogP contribution in [-0.4, -0.2) is 0 Å². The number of benzene rings is 10. The van der Waals surface area contributed by atoms with Crippen LogP contribution in [0.15, 0.2) is 146 Å². The molecule has 10 aromatic rings. The molecule has 12 rings (SSSR count). The van der Waals surface area contributed by atoms with Crippen LogP contribution in [0.1, 0.15) is 0 Å². The molecule has 0 saturated carbocycles. The van der Waals surface area contributed by atoms with E-state index in [-0.39, 0.29) is 0 Å². The summed E-state index contributed by atoms with van der Waals surface area (Å²) in [6.45, 7) is 0. The molecular weight excluding hydrogens is 528 g/mol. The molecule has 200 valence electrons. The van der Waals surface area contributed by atoms with Crippen molar-refractivity contribution in [3.63, 3.8) is 0 Å². The van der Waals surface area contributed by atoms with Crippen molar-refractivity contribution in [3.8, 4) is 44.5 Å². The predicted octanol–water partition coefficient (Wildman–Crippen LogP) is 12.5. The van der Waals surface area contributed by atoms with Crippen molar-refractivity contribution in [1.29, 1.82) is 0 Å². The molecule has 0 fully saturated rings. The molecule has 0 heteroatoms. The van der Waals surface area contributed by atoms with Crippen LogP contribution in [0, 0.1) is 0 Å². The Bertz CT molecular complexity index is 2620. The Morgan fingerprint density at radius 3 is 0.955 bits per heavy atom. The third kappa shape index (κ3) is 2.74. The highest BCUT2D eigenvalue weighted by Crippen LogP contribution is 2.52.